The number of aryl methyl sites for hydroxylation is 1. The fourth-order valence-electron chi connectivity index (χ4n) is 1.39. The summed E-state index contributed by atoms with van der Waals surface area (Å²) in [5.41, 5.74) is 0.962. The molecule has 0 bridgehead atoms. The van der Waals surface area contributed by atoms with Gasteiger partial charge in [-0.15, -0.1) is 0 Å². The van der Waals surface area contributed by atoms with Crippen molar-refractivity contribution in [3.8, 4) is 0 Å². The fourth-order valence-corrected chi connectivity index (χ4v) is 3.43. The molecule has 0 spiro atoms. The molecule has 0 fully saturated rings. The normalized spacial score (nSPS) is 13.4. The van der Waals surface area contributed by atoms with Crippen molar-refractivity contribution < 1.29 is 13.2 Å². The van der Waals surface area contributed by atoms with Crippen LogP contribution >= 0.6 is 11.6 Å². The van der Waals surface area contributed by atoms with Crippen molar-refractivity contribution in [3.63, 3.8) is 0 Å². The maximum absolute atomic E-state index is 12.0. The summed E-state index contributed by atoms with van der Waals surface area (Å²) in [6.07, 6.45) is 0.179. The fraction of sp³-hybridized carbons (Fsp3) is 0.364. The Morgan fingerprint density at radius 1 is 1.31 bits per heavy atom. The summed E-state index contributed by atoms with van der Waals surface area (Å²) < 4.78 is 24.0. The topological polar surface area (TPSA) is 51.2 Å². The summed E-state index contributed by atoms with van der Waals surface area (Å²) in [7, 11) is -3.65. The lowest BCUT2D eigenvalue weighted by molar-refractivity contribution is -0.111. The molecular formula is C11H13ClO3S. The molecule has 0 aromatic heterocycles. The predicted molar refractivity (Wildman–Crippen MR) is 63.3 cm³/mol. The van der Waals surface area contributed by atoms with E-state index in [1.807, 2.05) is 6.92 Å². The van der Waals surface area contributed by atoms with Gasteiger partial charge in [0.1, 0.15) is 5.25 Å². The van der Waals surface area contributed by atoms with E-state index in [0.29, 0.717) is 0 Å². The first-order chi connectivity index (χ1) is 7.39. The first-order valence-corrected chi connectivity index (χ1v) is 6.82. The first-order valence-electron chi connectivity index (χ1n) is 4.89. The predicted octanol–water partition coefficient (Wildman–Crippen LogP) is 2.31. The molecule has 1 aromatic rings. The van der Waals surface area contributed by atoms with Crippen LogP contribution in [0.3, 0.4) is 0 Å². The molecule has 0 saturated heterocycles. The van der Waals surface area contributed by atoms with Gasteiger partial charge >= 0.3 is 0 Å². The zero-order chi connectivity index (χ0) is 12.3. The van der Waals surface area contributed by atoms with Crippen molar-refractivity contribution in [1.82, 2.24) is 0 Å². The van der Waals surface area contributed by atoms with Crippen LogP contribution < -0.4 is 0 Å². The number of hydrogen-bond acceptors (Lipinski definition) is 3. The van der Waals surface area contributed by atoms with Gasteiger partial charge in [0, 0.05) is 0 Å². The van der Waals surface area contributed by atoms with Crippen molar-refractivity contribution in [2.24, 2.45) is 0 Å². The SMILES string of the molecule is CCC(C(=O)Cl)S(=O)(=O)c1ccc(C)cc1. The number of halogens is 1. The second-order valence-corrected chi connectivity index (χ2v) is 6.06. The smallest absolute Gasteiger partial charge is 0.240 e. The maximum Gasteiger partial charge on any atom is 0.240 e. The van der Waals surface area contributed by atoms with Crippen LogP contribution in [0, 0.1) is 6.92 Å². The van der Waals surface area contributed by atoms with Crippen molar-refractivity contribution in [3.05, 3.63) is 29.8 Å². The molecule has 0 aliphatic rings. The minimum Gasteiger partial charge on any atom is -0.280 e. The molecule has 5 heteroatoms. The third kappa shape index (κ3) is 2.62. The largest absolute Gasteiger partial charge is 0.280 e. The molecular weight excluding hydrogens is 248 g/mol. The monoisotopic (exact) mass is 260 g/mol. The van der Waals surface area contributed by atoms with Gasteiger partial charge in [-0.25, -0.2) is 8.42 Å². The van der Waals surface area contributed by atoms with E-state index in [4.69, 9.17) is 11.6 Å². The zero-order valence-electron chi connectivity index (χ0n) is 9.10. The van der Waals surface area contributed by atoms with Crippen molar-refractivity contribution >= 4 is 26.7 Å². The van der Waals surface area contributed by atoms with E-state index in [1.54, 1.807) is 19.1 Å². The minimum absolute atomic E-state index is 0.138. The van der Waals surface area contributed by atoms with Gasteiger partial charge in [0.15, 0.2) is 9.84 Å². The lowest BCUT2D eigenvalue weighted by Crippen LogP contribution is -2.26. The van der Waals surface area contributed by atoms with E-state index in [0.717, 1.165) is 5.56 Å². The molecule has 0 saturated carbocycles. The molecule has 0 radical (unpaired) electrons. The molecule has 1 unspecified atom stereocenters. The number of sulfone groups is 1. The van der Waals surface area contributed by atoms with Crippen LogP contribution in [0.4, 0.5) is 0 Å². The quantitative estimate of drug-likeness (QED) is 0.781. The van der Waals surface area contributed by atoms with Crippen molar-refractivity contribution in [2.45, 2.75) is 30.4 Å². The molecule has 3 nitrogen and oxygen atoms in total. The molecule has 0 aliphatic carbocycles. The maximum atomic E-state index is 12.0. The average Bonchev–Trinajstić information content (AvgIpc) is 2.18. The molecule has 0 amide bonds. The Morgan fingerprint density at radius 2 is 1.81 bits per heavy atom. The van der Waals surface area contributed by atoms with Crippen LogP contribution in [0.15, 0.2) is 29.2 Å². The van der Waals surface area contributed by atoms with Crippen LogP contribution in [0.25, 0.3) is 0 Å². The summed E-state index contributed by atoms with van der Waals surface area (Å²) in [6, 6.07) is 6.37. The molecule has 1 atom stereocenters. The molecule has 16 heavy (non-hydrogen) atoms. The van der Waals surface area contributed by atoms with Gasteiger partial charge in [0.05, 0.1) is 4.90 Å². The van der Waals surface area contributed by atoms with E-state index >= 15 is 0 Å². The molecule has 88 valence electrons. The lowest BCUT2D eigenvalue weighted by Gasteiger charge is -2.11. The van der Waals surface area contributed by atoms with E-state index in [-0.39, 0.29) is 11.3 Å². The number of carbonyl (C=O) groups is 1. The summed E-state index contributed by atoms with van der Waals surface area (Å²) >= 11 is 5.29. The number of benzene rings is 1. The number of hydrogen-bond donors (Lipinski definition) is 0. The Bertz CT molecular complexity index is 476. The van der Waals surface area contributed by atoms with E-state index < -0.39 is 20.3 Å². The number of rotatable bonds is 4. The second kappa shape index (κ2) is 4.97. The summed E-state index contributed by atoms with van der Waals surface area (Å²) in [6.45, 7) is 3.48. The standard InChI is InChI=1S/C11H13ClO3S/c1-3-10(11(12)13)16(14,15)9-6-4-8(2)5-7-9/h4-7,10H,3H2,1-2H3. The van der Waals surface area contributed by atoms with Crippen LogP contribution in [-0.2, 0) is 14.6 Å². The van der Waals surface area contributed by atoms with Gasteiger partial charge in [-0.1, -0.05) is 24.6 Å². The highest BCUT2D eigenvalue weighted by molar-refractivity contribution is 7.93. The zero-order valence-corrected chi connectivity index (χ0v) is 10.7. The van der Waals surface area contributed by atoms with Gasteiger partial charge in [0.25, 0.3) is 0 Å². The van der Waals surface area contributed by atoms with Gasteiger partial charge < -0.3 is 0 Å². The highest BCUT2D eigenvalue weighted by atomic mass is 35.5. The van der Waals surface area contributed by atoms with Crippen LogP contribution in [-0.4, -0.2) is 18.9 Å². The Hall–Kier alpha value is -0.870. The Kier molecular flexibility index (Phi) is 4.10. The highest BCUT2D eigenvalue weighted by Crippen LogP contribution is 2.20. The van der Waals surface area contributed by atoms with Crippen molar-refractivity contribution in [1.29, 1.82) is 0 Å². The summed E-state index contributed by atoms with van der Waals surface area (Å²) in [4.78, 5) is 11.2. The third-order valence-corrected chi connectivity index (χ3v) is 4.97. The average molecular weight is 261 g/mol. The minimum atomic E-state index is -3.65. The van der Waals surface area contributed by atoms with E-state index in [2.05, 4.69) is 0 Å². The second-order valence-electron chi connectivity index (χ2n) is 3.56. The third-order valence-electron chi connectivity index (χ3n) is 2.35. The van der Waals surface area contributed by atoms with Gasteiger partial charge in [-0.2, -0.15) is 0 Å². The Balaban J connectivity index is 3.20. The summed E-state index contributed by atoms with van der Waals surface area (Å²) in [5.74, 6) is 0. The lowest BCUT2D eigenvalue weighted by atomic mass is 10.2. The van der Waals surface area contributed by atoms with E-state index in [1.165, 1.54) is 12.1 Å². The molecule has 0 N–H and O–H groups in total. The van der Waals surface area contributed by atoms with Crippen molar-refractivity contribution in [2.75, 3.05) is 0 Å². The molecule has 0 aliphatic heterocycles. The first kappa shape index (κ1) is 13.2. The van der Waals surface area contributed by atoms with Crippen LogP contribution in [0.5, 0.6) is 0 Å². The van der Waals surface area contributed by atoms with Gasteiger partial charge in [0.2, 0.25) is 5.24 Å². The van der Waals surface area contributed by atoms with Crippen LogP contribution in [0.1, 0.15) is 18.9 Å². The van der Waals surface area contributed by atoms with Crippen LogP contribution in [0.2, 0.25) is 0 Å². The molecule has 1 rings (SSSR count). The van der Waals surface area contributed by atoms with Gasteiger partial charge in [-0.05, 0) is 37.1 Å². The summed E-state index contributed by atoms with van der Waals surface area (Å²) in [5, 5.41) is -1.99. The highest BCUT2D eigenvalue weighted by Gasteiger charge is 2.31. The van der Waals surface area contributed by atoms with E-state index in [9.17, 15) is 13.2 Å². The number of carbonyl (C=O) groups excluding carboxylic acids is 1. The Labute approximate surface area is 100 Å². The molecule has 0 heterocycles. The molecule has 1 aromatic carbocycles. The van der Waals surface area contributed by atoms with Gasteiger partial charge in [-0.3, -0.25) is 4.79 Å². The Morgan fingerprint density at radius 3 is 2.19 bits per heavy atom.